The van der Waals surface area contributed by atoms with Crippen molar-refractivity contribution >= 4 is 39.2 Å². The Bertz CT molecular complexity index is 1040. The molecule has 5 nitrogen and oxygen atoms in total. The predicted molar refractivity (Wildman–Crippen MR) is 109 cm³/mol. The van der Waals surface area contributed by atoms with E-state index in [0.29, 0.717) is 29.1 Å². The second-order valence-electron chi connectivity index (χ2n) is 6.30. The van der Waals surface area contributed by atoms with Crippen molar-refractivity contribution in [2.75, 3.05) is 5.75 Å². The van der Waals surface area contributed by atoms with Gasteiger partial charge >= 0.3 is 0 Å². The van der Waals surface area contributed by atoms with Gasteiger partial charge in [-0.25, -0.2) is 4.98 Å². The van der Waals surface area contributed by atoms with Crippen LogP contribution in [0.15, 0.2) is 28.2 Å². The number of nitrogens with zero attached hydrogens (tertiary/aromatic N) is 1. The number of hydrogen-bond acceptors (Lipinski definition) is 5. The normalized spacial score (nSPS) is 11.2. The first-order valence-corrected chi connectivity index (χ1v) is 10.2. The maximum atomic E-state index is 12.7. The maximum Gasteiger partial charge on any atom is 0.260 e. The minimum absolute atomic E-state index is 0.120. The third kappa shape index (κ3) is 3.83. The summed E-state index contributed by atoms with van der Waals surface area (Å²) < 4.78 is 0. The fourth-order valence-electron chi connectivity index (χ4n) is 2.83. The minimum atomic E-state index is -0.311. The number of fused-ring (bicyclic) bond motifs is 1. The van der Waals surface area contributed by atoms with E-state index in [4.69, 9.17) is 5.73 Å². The number of carbonyl (C=O) groups excluding carboxylic acids is 1. The summed E-state index contributed by atoms with van der Waals surface area (Å²) >= 11 is 2.98. The van der Waals surface area contributed by atoms with Gasteiger partial charge in [0.05, 0.1) is 5.39 Å². The quantitative estimate of drug-likeness (QED) is 0.381. The van der Waals surface area contributed by atoms with Crippen molar-refractivity contribution in [2.45, 2.75) is 38.8 Å². The van der Waals surface area contributed by atoms with Gasteiger partial charge in [0.25, 0.3) is 5.56 Å². The first-order chi connectivity index (χ1) is 12.4. The zero-order valence-electron chi connectivity index (χ0n) is 15.0. The van der Waals surface area contributed by atoms with Gasteiger partial charge in [0.1, 0.15) is 4.83 Å². The van der Waals surface area contributed by atoms with Gasteiger partial charge in [-0.3, -0.25) is 9.59 Å². The molecule has 0 aliphatic carbocycles. The molecule has 0 fully saturated rings. The first kappa shape index (κ1) is 18.7. The number of carbonyl (C=O) groups is 1. The Labute approximate surface area is 160 Å². The van der Waals surface area contributed by atoms with Gasteiger partial charge in [0, 0.05) is 22.6 Å². The van der Waals surface area contributed by atoms with E-state index in [1.54, 1.807) is 0 Å². The topological polar surface area (TPSA) is 88.8 Å². The van der Waals surface area contributed by atoms with Crippen LogP contribution in [0, 0.1) is 20.8 Å². The van der Waals surface area contributed by atoms with Crippen LogP contribution < -0.4 is 11.3 Å². The third-order valence-corrected chi connectivity index (χ3v) is 6.28. The Hall–Kier alpha value is -2.12. The standard InChI is InChI=1S/C19H21N3O2S2/c1-10-6-7-13(9-11(10)2)15-12(3)26-18-16(15)17(24)21-19(22-18)25-8-4-5-14(20)23/h6-7,9H,4-5,8H2,1-3H3,(H2,20,23)(H,21,22,24). The summed E-state index contributed by atoms with van der Waals surface area (Å²) in [4.78, 5) is 32.8. The lowest BCUT2D eigenvalue weighted by Gasteiger charge is -2.06. The van der Waals surface area contributed by atoms with Crippen LogP contribution in [0.5, 0.6) is 0 Å². The first-order valence-electron chi connectivity index (χ1n) is 8.39. The summed E-state index contributed by atoms with van der Waals surface area (Å²) in [6.45, 7) is 6.18. The smallest absolute Gasteiger partial charge is 0.260 e. The van der Waals surface area contributed by atoms with Crippen LogP contribution in [-0.4, -0.2) is 21.6 Å². The molecule has 0 atom stereocenters. The number of aromatic nitrogens is 2. The second kappa shape index (κ2) is 7.63. The Kier molecular flexibility index (Phi) is 5.48. The molecule has 3 aromatic rings. The summed E-state index contributed by atoms with van der Waals surface area (Å²) in [6.07, 6.45) is 1.01. The van der Waals surface area contributed by atoms with E-state index in [1.165, 1.54) is 34.2 Å². The molecule has 0 bridgehead atoms. The minimum Gasteiger partial charge on any atom is -0.370 e. The zero-order chi connectivity index (χ0) is 18.8. The summed E-state index contributed by atoms with van der Waals surface area (Å²) in [7, 11) is 0. The van der Waals surface area contributed by atoms with Crippen molar-refractivity contribution in [2.24, 2.45) is 5.73 Å². The number of thiophene rings is 1. The molecule has 2 heterocycles. The molecule has 0 saturated carbocycles. The van der Waals surface area contributed by atoms with E-state index < -0.39 is 0 Å². The molecule has 0 saturated heterocycles. The summed E-state index contributed by atoms with van der Waals surface area (Å²) in [5, 5.41) is 1.23. The number of amides is 1. The van der Waals surface area contributed by atoms with E-state index in [1.807, 2.05) is 6.92 Å². The van der Waals surface area contributed by atoms with Crippen LogP contribution >= 0.6 is 23.1 Å². The Morgan fingerprint density at radius 3 is 2.73 bits per heavy atom. The number of hydrogen-bond donors (Lipinski definition) is 2. The maximum absolute atomic E-state index is 12.7. The molecule has 0 radical (unpaired) electrons. The molecule has 2 aromatic heterocycles. The monoisotopic (exact) mass is 387 g/mol. The molecule has 26 heavy (non-hydrogen) atoms. The van der Waals surface area contributed by atoms with Gasteiger partial charge < -0.3 is 10.7 Å². The molecule has 136 valence electrons. The van der Waals surface area contributed by atoms with Crippen LogP contribution in [-0.2, 0) is 4.79 Å². The van der Waals surface area contributed by atoms with Crippen molar-refractivity contribution in [3.63, 3.8) is 0 Å². The Balaban J connectivity index is 1.97. The molecular weight excluding hydrogens is 366 g/mol. The van der Waals surface area contributed by atoms with Crippen molar-refractivity contribution in [1.82, 2.24) is 9.97 Å². The van der Waals surface area contributed by atoms with E-state index >= 15 is 0 Å². The lowest BCUT2D eigenvalue weighted by molar-refractivity contribution is -0.118. The lowest BCUT2D eigenvalue weighted by Crippen LogP contribution is -2.11. The number of nitrogens with two attached hydrogens (primary N) is 1. The summed E-state index contributed by atoms with van der Waals surface area (Å²) in [5.41, 5.74) is 9.47. The van der Waals surface area contributed by atoms with Crippen molar-refractivity contribution in [1.29, 1.82) is 0 Å². The van der Waals surface area contributed by atoms with Gasteiger partial charge in [-0.15, -0.1) is 11.3 Å². The highest BCUT2D eigenvalue weighted by Gasteiger charge is 2.17. The number of rotatable bonds is 6. The molecule has 3 N–H and O–H groups in total. The van der Waals surface area contributed by atoms with Crippen LogP contribution in [0.4, 0.5) is 0 Å². The molecule has 0 spiro atoms. The molecule has 3 rings (SSSR count). The SMILES string of the molecule is Cc1ccc(-c2c(C)sc3nc(SCCCC(N)=O)[nH]c(=O)c23)cc1C. The van der Waals surface area contributed by atoms with Crippen molar-refractivity contribution in [3.05, 3.63) is 44.6 Å². The van der Waals surface area contributed by atoms with Gasteiger partial charge in [-0.1, -0.05) is 30.0 Å². The third-order valence-electron chi connectivity index (χ3n) is 4.32. The van der Waals surface area contributed by atoms with Gasteiger partial charge in [-0.2, -0.15) is 0 Å². The van der Waals surface area contributed by atoms with Gasteiger partial charge in [0.15, 0.2) is 5.16 Å². The number of aryl methyl sites for hydroxylation is 3. The second-order valence-corrected chi connectivity index (χ2v) is 8.59. The van der Waals surface area contributed by atoms with Crippen molar-refractivity contribution in [3.8, 4) is 11.1 Å². The average Bonchev–Trinajstić information content (AvgIpc) is 2.90. The van der Waals surface area contributed by atoms with Crippen molar-refractivity contribution < 1.29 is 4.79 Å². The van der Waals surface area contributed by atoms with Crippen LogP contribution in [0.25, 0.3) is 21.3 Å². The van der Waals surface area contributed by atoms with Crippen LogP contribution in [0.1, 0.15) is 28.8 Å². The molecule has 0 aliphatic rings. The van der Waals surface area contributed by atoms with E-state index in [9.17, 15) is 9.59 Å². The summed E-state index contributed by atoms with van der Waals surface area (Å²) in [6, 6.07) is 6.26. The number of aromatic amines is 1. The number of H-pyrrole nitrogens is 1. The number of primary amides is 1. The predicted octanol–water partition coefficient (Wildman–Crippen LogP) is 3.93. The number of benzene rings is 1. The van der Waals surface area contributed by atoms with Crippen LogP contribution in [0.2, 0.25) is 0 Å². The fourth-order valence-corrected chi connectivity index (χ4v) is 4.73. The van der Waals surface area contributed by atoms with E-state index in [0.717, 1.165) is 20.8 Å². The van der Waals surface area contributed by atoms with E-state index in [-0.39, 0.29) is 11.5 Å². The van der Waals surface area contributed by atoms with Crippen LogP contribution in [0.3, 0.4) is 0 Å². The largest absolute Gasteiger partial charge is 0.370 e. The molecule has 0 aliphatic heterocycles. The number of thioether (sulfide) groups is 1. The van der Waals surface area contributed by atoms with Gasteiger partial charge in [-0.05, 0) is 43.9 Å². The molecular formula is C19H21N3O2S2. The van der Waals surface area contributed by atoms with Gasteiger partial charge in [0.2, 0.25) is 5.91 Å². The zero-order valence-corrected chi connectivity index (χ0v) is 16.6. The highest BCUT2D eigenvalue weighted by atomic mass is 32.2. The fraction of sp³-hybridized carbons (Fsp3) is 0.316. The van der Waals surface area contributed by atoms with E-state index in [2.05, 4.69) is 42.0 Å². The average molecular weight is 388 g/mol. The molecule has 1 amide bonds. The Morgan fingerprint density at radius 1 is 1.27 bits per heavy atom. The summed E-state index contributed by atoms with van der Waals surface area (Å²) in [5.74, 6) is 0.376. The molecule has 1 aromatic carbocycles. The molecule has 7 heteroatoms. The lowest BCUT2D eigenvalue weighted by atomic mass is 9.99. The highest BCUT2D eigenvalue weighted by molar-refractivity contribution is 7.99. The highest BCUT2D eigenvalue weighted by Crippen LogP contribution is 2.36. The number of nitrogens with one attached hydrogen (secondary N) is 1. The Morgan fingerprint density at radius 2 is 2.04 bits per heavy atom. The molecule has 0 unspecified atom stereocenters.